The summed E-state index contributed by atoms with van der Waals surface area (Å²) in [7, 11) is -2.92. The zero-order valence-electron chi connectivity index (χ0n) is 19.0. The molecule has 0 amide bonds. The molecule has 3 nitrogen and oxygen atoms in total. The minimum Gasteiger partial charge on any atom is -0.415 e. The molecule has 2 fully saturated rings. The Kier molecular flexibility index (Phi) is 6.92. The molecule has 1 saturated heterocycles. The minimum absolute atomic E-state index is 0.185. The number of benzene rings is 1. The number of hydrogen-bond donors (Lipinski definition) is 0. The fraction of sp³-hybridized carbons (Fsp3) is 0.739. The summed E-state index contributed by atoms with van der Waals surface area (Å²) in [6, 6.07) is 11.3. The normalized spacial score (nSPS) is 28.4. The minimum atomic E-state index is -1.47. The highest BCUT2D eigenvalue weighted by Gasteiger charge is 2.44. The quantitative estimate of drug-likeness (QED) is 0.528. The van der Waals surface area contributed by atoms with E-state index in [9.17, 15) is 0 Å². The predicted octanol–water partition coefficient (Wildman–Crippen LogP) is 5.99. The van der Waals surface area contributed by atoms with E-state index in [4.69, 9.17) is 8.85 Å². The SMILES string of the molecule is C[Si](C)(C)OC1CCN(C2(c3ccccc3)CCC(O[Si](C)(C)C)CC2)CC1. The molecule has 0 aromatic heterocycles. The Bertz CT molecular complexity index is 608. The summed E-state index contributed by atoms with van der Waals surface area (Å²) in [5, 5.41) is 0. The molecule has 0 atom stereocenters. The third-order valence-electron chi connectivity index (χ3n) is 6.16. The Morgan fingerprint density at radius 2 is 1.21 bits per heavy atom. The van der Waals surface area contributed by atoms with Crippen molar-refractivity contribution in [1.29, 1.82) is 0 Å². The van der Waals surface area contributed by atoms with Gasteiger partial charge in [-0.3, -0.25) is 4.90 Å². The largest absolute Gasteiger partial charge is 0.415 e. The number of nitrogens with zero attached hydrogens (tertiary/aromatic N) is 1. The maximum atomic E-state index is 6.47. The zero-order valence-corrected chi connectivity index (χ0v) is 21.0. The fourth-order valence-corrected chi connectivity index (χ4v) is 7.60. The van der Waals surface area contributed by atoms with E-state index in [0.29, 0.717) is 12.2 Å². The van der Waals surface area contributed by atoms with Gasteiger partial charge in [0.15, 0.2) is 16.6 Å². The molecule has 1 saturated carbocycles. The van der Waals surface area contributed by atoms with Gasteiger partial charge in [0.25, 0.3) is 0 Å². The molecule has 158 valence electrons. The van der Waals surface area contributed by atoms with E-state index in [-0.39, 0.29) is 5.54 Å². The molecule has 0 bridgehead atoms. The van der Waals surface area contributed by atoms with Gasteiger partial charge in [-0.05, 0) is 83.4 Å². The molecule has 0 spiro atoms. The second-order valence-corrected chi connectivity index (χ2v) is 19.7. The van der Waals surface area contributed by atoms with E-state index in [0.717, 1.165) is 13.1 Å². The van der Waals surface area contributed by atoms with E-state index in [1.54, 1.807) is 0 Å². The van der Waals surface area contributed by atoms with E-state index in [1.807, 2.05) is 0 Å². The van der Waals surface area contributed by atoms with E-state index >= 15 is 0 Å². The third kappa shape index (κ3) is 5.79. The summed E-state index contributed by atoms with van der Waals surface area (Å²) in [5.74, 6) is 0. The van der Waals surface area contributed by atoms with Crippen molar-refractivity contribution < 1.29 is 8.85 Å². The van der Waals surface area contributed by atoms with Crippen LogP contribution in [0.3, 0.4) is 0 Å². The van der Waals surface area contributed by atoms with Crippen LogP contribution in [0.5, 0.6) is 0 Å². The van der Waals surface area contributed by atoms with Crippen molar-refractivity contribution in [1.82, 2.24) is 4.90 Å². The van der Waals surface area contributed by atoms with Crippen molar-refractivity contribution in [3.05, 3.63) is 35.9 Å². The molecule has 1 heterocycles. The van der Waals surface area contributed by atoms with Gasteiger partial charge in [0, 0.05) is 30.8 Å². The second kappa shape index (κ2) is 8.72. The van der Waals surface area contributed by atoms with Crippen molar-refractivity contribution >= 4 is 16.6 Å². The molecule has 2 aliphatic rings. The summed E-state index contributed by atoms with van der Waals surface area (Å²) in [6.07, 6.45) is 8.06. The lowest BCUT2D eigenvalue weighted by Crippen LogP contribution is -2.54. The molecule has 0 N–H and O–H groups in total. The molecule has 1 aromatic rings. The number of piperidine rings is 1. The molecule has 0 unspecified atom stereocenters. The first-order valence-corrected chi connectivity index (χ1v) is 18.1. The lowest BCUT2D eigenvalue weighted by atomic mass is 9.73. The standard InChI is InChI=1S/C23H41NO2Si2/c1-27(2,3)25-21-12-16-23(17-13-21,20-10-8-7-9-11-20)24-18-14-22(15-19-24)26-28(4,5)6/h7-11,21-22H,12-19H2,1-6H3. The molecule has 5 heteroatoms. The van der Waals surface area contributed by atoms with Crippen LogP contribution < -0.4 is 0 Å². The van der Waals surface area contributed by atoms with Crippen LogP contribution in [-0.4, -0.2) is 46.8 Å². The van der Waals surface area contributed by atoms with E-state index in [2.05, 4.69) is 74.5 Å². The highest BCUT2D eigenvalue weighted by atomic mass is 28.4. The summed E-state index contributed by atoms with van der Waals surface area (Å²) in [4.78, 5) is 2.79. The summed E-state index contributed by atoms with van der Waals surface area (Å²) in [5.41, 5.74) is 1.69. The van der Waals surface area contributed by atoms with Gasteiger partial charge < -0.3 is 8.85 Å². The van der Waals surface area contributed by atoms with Gasteiger partial charge in [0.2, 0.25) is 0 Å². The highest BCUT2D eigenvalue weighted by molar-refractivity contribution is 6.70. The third-order valence-corrected chi connectivity index (χ3v) is 8.24. The Hall–Kier alpha value is -0.466. The van der Waals surface area contributed by atoms with Crippen LogP contribution in [0.15, 0.2) is 30.3 Å². The van der Waals surface area contributed by atoms with Crippen LogP contribution in [0.25, 0.3) is 0 Å². The molecule has 1 aromatic carbocycles. The molecular formula is C23H41NO2Si2. The van der Waals surface area contributed by atoms with Crippen molar-refractivity contribution in [2.45, 2.75) is 95.6 Å². The maximum absolute atomic E-state index is 6.47. The zero-order chi connectivity index (χ0) is 20.4. The number of likely N-dealkylation sites (tertiary alicyclic amines) is 1. The van der Waals surface area contributed by atoms with Gasteiger partial charge in [-0.1, -0.05) is 30.3 Å². The average molecular weight is 420 g/mol. The van der Waals surface area contributed by atoms with Crippen LogP contribution in [0.2, 0.25) is 39.3 Å². The Balaban J connectivity index is 1.72. The Labute approximate surface area is 175 Å². The first-order chi connectivity index (χ1) is 13.1. The summed E-state index contributed by atoms with van der Waals surface area (Å²) in [6.45, 7) is 16.2. The number of rotatable bonds is 6. The first kappa shape index (κ1) is 22.2. The van der Waals surface area contributed by atoms with Crippen molar-refractivity contribution in [2.75, 3.05) is 13.1 Å². The smallest absolute Gasteiger partial charge is 0.184 e. The lowest BCUT2D eigenvalue weighted by molar-refractivity contribution is -0.0241. The molecule has 1 aliphatic carbocycles. The van der Waals surface area contributed by atoms with E-state index in [1.165, 1.54) is 44.1 Å². The monoisotopic (exact) mass is 419 g/mol. The molecular weight excluding hydrogens is 378 g/mol. The summed E-state index contributed by atoms with van der Waals surface area (Å²) < 4.78 is 12.9. The van der Waals surface area contributed by atoms with E-state index < -0.39 is 16.6 Å². The summed E-state index contributed by atoms with van der Waals surface area (Å²) >= 11 is 0. The van der Waals surface area contributed by atoms with Crippen LogP contribution >= 0.6 is 0 Å². The topological polar surface area (TPSA) is 21.7 Å². The lowest BCUT2D eigenvalue weighted by Gasteiger charge is -2.51. The van der Waals surface area contributed by atoms with Crippen LogP contribution in [0.1, 0.15) is 44.1 Å². The molecule has 1 aliphatic heterocycles. The van der Waals surface area contributed by atoms with Gasteiger partial charge in [-0.15, -0.1) is 0 Å². The molecule has 28 heavy (non-hydrogen) atoms. The van der Waals surface area contributed by atoms with Crippen molar-refractivity contribution in [3.63, 3.8) is 0 Å². The van der Waals surface area contributed by atoms with Gasteiger partial charge >= 0.3 is 0 Å². The second-order valence-electron chi connectivity index (χ2n) is 10.7. The molecule has 0 radical (unpaired) electrons. The maximum Gasteiger partial charge on any atom is 0.184 e. The van der Waals surface area contributed by atoms with Gasteiger partial charge in [0.1, 0.15) is 0 Å². The van der Waals surface area contributed by atoms with Crippen molar-refractivity contribution in [3.8, 4) is 0 Å². The van der Waals surface area contributed by atoms with Crippen LogP contribution in [0.4, 0.5) is 0 Å². The molecule has 3 rings (SSSR count). The van der Waals surface area contributed by atoms with Gasteiger partial charge in [0.05, 0.1) is 0 Å². The van der Waals surface area contributed by atoms with Crippen LogP contribution in [0, 0.1) is 0 Å². The highest BCUT2D eigenvalue weighted by Crippen LogP contribution is 2.44. The predicted molar refractivity (Wildman–Crippen MR) is 124 cm³/mol. The Morgan fingerprint density at radius 1 is 0.750 bits per heavy atom. The first-order valence-electron chi connectivity index (χ1n) is 11.2. The average Bonchev–Trinajstić information content (AvgIpc) is 2.61. The van der Waals surface area contributed by atoms with Gasteiger partial charge in [-0.25, -0.2) is 0 Å². The number of hydrogen-bond acceptors (Lipinski definition) is 3. The Morgan fingerprint density at radius 3 is 1.68 bits per heavy atom. The van der Waals surface area contributed by atoms with Gasteiger partial charge in [-0.2, -0.15) is 0 Å². The fourth-order valence-electron chi connectivity index (χ4n) is 5.12. The van der Waals surface area contributed by atoms with Crippen LogP contribution in [-0.2, 0) is 14.4 Å². The van der Waals surface area contributed by atoms with Crippen molar-refractivity contribution in [2.24, 2.45) is 0 Å².